The number of aryl methyl sites for hydroxylation is 2. The first kappa shape index (κ1) is 26.6. The molecule has 37 heavy (non-hydrogen) atoms. The Balaban J connectivity index is 1.81. The lowest BCUT2D eigenvalue weighted by atomic mass is 10.2. The predicted molar refractivity (Wildman–Crippen MR) is 142 cm³/mol. The highest BCUT2D eigenvalue weighted by Crippen LogP contribution is 2.32. The van der Waals surface area contributed by atoms with Crippen molar-refractivity contribution < 1.29 is 21.3 Å². The molecule has 0 unspecified atom stereocenters. The van der Waals surface area contributed by atoms with Gasteiger partial charge in [0.1, 0.15) is 0 Å². The molecule has 0 saturated heterocycles. The van der Waals surface area contributed by atoms with Crippen LogP contribution >= 0.6 is 23.2 Å². The van der Waals surface area contributed by atoms with Crippen molar-refractivity contribution in [2.75, 3.05) is 14.9 Å². The third-order valence-electron chi connectivity index (χ3n) is 5.10. The van der Waals surface area contributed by atoms with E-state index in [-0.39, 0.29) is 26.3 Å². The van der Waals surface area contributed by atoms with E-state index in [9.17, 15) is 21.6 Å². The Morgan fingerprint density at radius 1 is 0.784 bits per heavy atom. The molecule has 0 amide bonds. The lowest BCUT2D eigenvalue weighted by molar-refractivity contribution is 0.510. The number of anilines is 3. The van der Waals surface area contributed by atoms with Crippen LogP contribution in [0.1, 0.15) is 11.1 Å². The van der Waals surface area contributed by atoms with Gasteiger partial charge in [0.15, 0.2) is 5.82 Å². The first-order valence-corrected chi connectivity index (χ1v) is 14.2. The van der Waals surface area contributed by atoms with Crippen LogP contribution in [0.4, 0.5) is 17.4 Å². The van der Waals surface area contributed by atoms with Crippen LogP contribution in [-0.2, 0) is 20.0 Å². The number of sulfonamides is 2. The number of nitrogens with one attached hydrogen (secondary N) is 3. The smallest absolute Gasteiger partial charge is 0.387 e. The zero-order valence-corrected chi connectivity index (χ0v) is 22.5. The summed E-state index contributed by atoms with van der Waals surface area (Å²) < 4.78 is 59.8. The summed E-state index contributed by atoms with van der Waals surface area (Å²) >= 11 is 12.2. The van der Waals surface area contributed by atoms with Crippen LogP contribution in [0, 0.1) is 13.8 Å². The Hall–Kier alpha value is -3.45. The summed E-state index contributed by atoms with van der Waals surface area (Å²) in [5.74, 6) is -2.17. The van der Waals surface area contributed by atoms with Gasteiger partial charge in [-0.1, -0.05) is 58.6 Å². The average molecular weight is 583 g/mol. The molecular weight excluding hydrogens is 563 g/mol. The summed E-state index contributed by atoms with van der Waals surface area (Å²) in [4.78, 5) is 14.6. The minimum atomic E-state index is -4.29. The molecule has 0 saturated carbocycles. The number of aromatic nitrogens is 1. The van der Waals surface area contributed by atoms with Gasteiger partial charge in [-0.2, -0.15) is 13.1 Å². The summed E-state index contributed by atoms with van der Waals surface area (Å²) in [5, 5.41) is 3.18. The second-order valence-electron chi connectivity index (χ2n) is 7.96. The van der Waals surface area contributed by atoms with Gasteiger partial charge in [-0.05, 0) is 56.3 Å². The van der Waals surface area contributed by atoms with Gasteiger partial charge in [-0.3, -0.25) is 0 Å². The topological polar surface area (TPSA) is 140 Å². The van der Waals surface area contributed by atoms with Crippen molar-refractivity contribution in [3.8, 4) is 0 Å². The fraction of sp³-hybridized carbons (Fsp3) is 0.0870. The minimum Gasteiger partial charge on any atom is -0.387 e. The zero-order chi connectivity index (χ0) is 27.0. The highest BCUT2D eigenvalue weighted by Gasteiger charge is 2.27. The van der Waals surface area contributed by atoms with Crippen molar-refractivity contribution in [1.29, 1.82) is 0 Å². The van der Waals surface area contributed by atoms with E-state index in [2.05, 4.69) is 14.9 Å². The molecule has 0 atom stereocenters. The minimum absolute atomic E-state index is 0.107. The Morgan fingerprint density at radius 3 is 1.86 bits per heavy atom. The zero-order valence-electron chi connectivity index (χ0n) is 19.3. The van der Waals surface area contributed by atoms with E-state index in [0.717, 1.165) is 11.1 Å². The van der Waals surface area contributed by atoms with Gasteiger partial charge < -0.3 is 9.73 Å². The van der Waals surface area contributed by atoms with Crippen LogP contribution in [0.5, 0.6) is 0 Å². The molecule has 0 spiro atoms. The van der Waals surface area contributed by atoms with Gasteiger partial charge in [0.25, 0.3) is 25.9 Å². The maximum Gasteiger partial charge on any atom is 0.442 e. The van der Waals surface area contributed by atoms with Crippen LogP contribution < -0.4 is 20.6 Å². The summed E-state index contributed by atoms with van der Waals surface area (Å²) in [6.07, 6.45) is 0. The second kappa shape index (κ2) is 10.1. The van der Waals surface area contributed by atoms with E-state index in [0.29, 0.717) is 9.70 Å². The van der Waals surface area contributed by atoms with E-state index in [1.54, 1.807) is 38.1 Å². The first-order chi connectivity index (χ1) is 17.4. The summed E-state index contributed by atoms with van der Waals surface area (Å²) in [5.41, 5.74) is 1.85. The van der Waals surface area contributed by atoms with Gasteiger partial charge >= 0.3 is 5.76 Å². The number of halogens is 2. The van der Waals surface area contributed by atoms with Gasteiger partial charge in [0.05, 0.1) is 20.5 Å². The summed E-state index contributed by atoms with van der Waals surface area (Å²) in [7, 11) is -8.52. The summed E-state index contributed by atoms with van der Waals surface area (Å²) in [6, 6.07) is 16.2. The average Bonchev–Trinajstić information content (AvgIpc) is 3.09. The molecule has 194 valence electrons. The van der Waals surface area contributed by atoms with Crippen molar-refractivity contribution in [2.24, 2.45) is 0 Å². The Kier molecular flexibility index (Phi) is 7.29. The number of nitrogens with zero attached hydrogens (tertiary/aromatic N) is 1. The maximum absolute atomic E-state index is 13.0. The molecule has 14 heteroatoms. The van der Waals surface area contributed by atoms with E-state index < -0.39 is 31.7 Å². The van der Waals surface area contributed by atoms with Gasteiger partial charge in [-0.25, -0.2) is 22.8 Å². The Morgan fingerprint density at radius 2 is 1.32 bits per heavy atom. The number of benzene rings is 3. The van der Waals surface area contributed by atoms with Gasteiger partial charge in [0.2, 0.25) is 0 Å². The molecule has 0 aliphatic heterocycles. The number of rotatable bonds is 8. The molecule has 1 aromatic heterocycles. The first-order valence-electron chi connectivity index (χ1n) is 10.5. The fourth-order valence-corrected chi connectivity index (χ4v) is 5.60. The molecule has 4 rings (SSSR count). The summed E-state index contributed by atoms with van der Waals surface area (Å²) in [6.45, 7) is 3.58. The van der Waals surface area contributed by atoms with Crippen LogP contribution in [0.25, 0.3) is 0 Å². The van der Waals surface area contributed by atoms with Crippen LogP contribution in [0.3, 0.4) is 0 Å². The SMILES string of the molecule is Cc1ccc(S(=O)(=O)Nc2oc(=O)n(NS(=O)(=O)c3ccc(C)cc3)c2Nc2ccc(Cl)cc2Cl)cc1. The number of hydrogen-bond donors (Lipinski definition) is 3. The fourth-order valence-electron chi connectivity index (χ4n) is 3.15. The highest BCUT2D eigenvalue weighted by atomic mass is 35.5. The Labute approximate surface area is 222 Å². The molecule has 3 N–H and O–H groups in total. The third-order valence-corrected chi connectivity index (χ3v) is 8.31. The van der Waals surface area contributed by atoms with Crippen molar-refractivity contribution in [3.05, 3.63) is 98.5 Å². The largest absolute Gasteiger partial charge is 0.442 e. The van der Waals surface area contributed by atoms with Crippen molar-refractivity contribution >= 4 is 60.6 Å². The van der Waals surface area contributed by atoms with Crippen molar-refractivity contribution in [1.82, 2.24) is 4.68 Å². The van der Waals surface area contributed by atoms with E-state index >= 15 is 0 Å². The normalized spacial score (nSPS) is 11.8. The highest BCUT2D eigenvalue weighted by molar-refractivity contribution is 7.93. The molecular formula is C23H20Cl2N4O6S2. The van der Waals surface area contributed by atoms with Gasteiger partial charge in [0, 0.05) is 5.02 Å². The lowest BCUT2D eigenvalue weighted by Gasteiger charge is -2.14. The van der Waals surface area contributed by atoms with E-state index in [1.807, 2.05) is 0 Å². The second-order valence-corrected chi connectivity index (χ2v) is 12.1. The third kappa shape index (κ3) is 5.93. The molecule has 0 bridgehead atoms. The molecule has 0 radical (unpaired) electrons. The van der Waals surface area contributed by atoms with Crippen LogP contribution in [0.15, 0.2) is 85.7 Å². The van der Waals surface area contributed by atoms with E-state index in [4.69, 9.17) is 27.6 Å². The predicted octanol–water partition coefficient (Wildman–Crippen LogP) is 4.84. The van der Waals surface area contributed by atoms with Crippen LogP contribution in [0.2, 0.25) is 10.0 Å². The molecule has 10 nitrogen and oxygen atoms in total. The molecule has 0 fully saturated rings. The molecule has 0 aliphatic carbocycles. The van der Waals surface area contributed by atoms with Gasteiger partial charge in [-0.15, -0.1) is 0 Å². The van der Waals surface area contributed by atoms with Crippen LogP contribution in [-0.4, -0.2) is 21.5 Å². The number of hydrogen-bond acceptors (Lipinski definition) is 7. The van der Waals surface area contributed by atoms with Crippen molar-refractivity contribution in [2.45, 2.75) is 23.6 Å². The standard InChI is InChI=1S/C23H20Cl2N4O6S2/c1-14-3-8-17(9-4-14)36(31,32)27-22-21(26-20-12-7-16(24)13-19(20)25)29(23(30)35-22)28-37(33,34)18-10-5-15(2)6-11-18/h3-13,26-28H,1-2H3. The maximum atomic E-state index is 13.0. The lowest BCUT2D eigenvalue weighted by Crippen LogP contribution is -2.31. The van der Waals surface area contributed by atoms with Crippen molar-refractivity contribution in [3.63, 3.8) is 0 Å². The number of oxazole rings is 1. The molecule has 3 aromatic carbocycles. The molecule has 1 heterocycles. The Bertz CT molecular complexity index is 1730. The monoisotopic (exact) mass is 582 g/mol. The molecule has 4 aromatic rings. The van der Waals surface area contributed by atoms with E-state index in [1.165, 1.54) is 42.5 Å². The quantitative estimate of drug-likeness (QED) is 0.270. The molecule has 0 aliphatic rings.